The third kappa shape index (κ3) is 6.71. The van der Waals surface area contributed by atoms with Crippen molar-refractivity contribution in [1.29, 1.82) is 0 Å². The highest BCUT2D eigenvalue weighted by Gasteiger charge is 2.31. The number of anilines is 2. The Balaban J connectivity index is 0.00000357. The molecule has 2 aliphatic heterocycles. The maximum atomic E-state index is 15.7. The standard InChI is InChI=1S/C35H41FN6O2.ClH/c1-24-14-25(8-11-38-24)18-41(30-5-3-12-39(22-30)29-4-2-10-37-17-29)20-27-21-42(28-6-7-28)33-16-34(32(36)15-31(33)35(27)44)40-13-9-26(19-40)23-43;/h2,4,8,10-11,14-17,21,26,28,30,43H,3,5-7,9,12-13,18-20,22-23H2,1H3;1H/t26-,30-;/m0./s1. The molecule has 7 rings (SSSR count). The highest BCUT2D eigenvalue weighted by Crippen LogP contribution is 2.39. The molecule has 45 heavy (non-hydrogen) atoms. The molecule has 2 atom stereocenters. The van der Waals surface area contributed by atoms with Crippen molar-refractivity contribution in [3.05, 3.63) is 94.0 Å². The summed E-state index contributed by atoms with van der Waals surface area (Å²) < 4.78 is 17.9. The van der Waals surface area contributed by atoms with Crippen LogP contribution >= 0.6 is 12.4 Å². The summed E-state index contributed by atoms with van der Waals surface area (Å²) in [5, 5.41) is 10.1. The van der Waals surface area contributed by atoms with E-state index >= 15 is 4.39 Å². The van der Waals surface area contributed by atoms with Crippen LogP contribution in [-0.2, 0) is 13.1 Å². The largest absolute Gasteiger partial charge is 0.396 e. The van der Waals surface area contributed by atoms with Crippen LogP contribution in [0, 0.1) is 18.7 Å². The second kappa shape index (κ2) is 13.4. The fourth-order valence-corrected chi connectivity index (χ4v) is 7.12. The molecule has 4 aromatic rings. The number of benzene rings is 1. The number of hydrogen-bond acceptors (Lipinski definition) is 7. The summed E-state index contributed by atoms with van der Waals surface area (Å²) >= 11 is 0. The molecule has 0 amide bonds. The van der Waals surface area contributed by atoms with Crippen molar-refractivity contribution in [2.45, 2.75) is 64.2 Å². The maximum Gasteiger partial charge on any atom is 0.193 e. The highest BCUT2D eigenvalue weighted by atomic mass is 35.5. The summed E-state index contributed by atoms with van der Waals surface area (Å²) in [6.45, 7) is 6.47. The second-order valence-electron chi connectivity index (χ2n) is 12.9. The molecule has 0 spiro atoms. The van der Waals surface area contributed by atoms with Crippen molar-refractivity contribution in [2.24, 2.45) is 5.92 Å². The maximum absolute atomic E-state index is 15.7. The van der Waals surface area contributed by atoms with E-state index in [0.29, 0.717) is 48.9 Å². The van der Waals surface area contributed by atoms with Gasteiger partial charge in [-0.15, -0.1) is 12.4 Å². The molecular weight excluding hydrogens is 591 g/mol. The lowest BCUT2D eigenvalue weighted by atomic mass is 10.0. The Morgan fingerprint density at radius 1 is 1.02 bits per heavy atom. The zero-order valence-electron chi connectivity index (χ0n) is 25.8. The zero-order valence-corrected chi connectivity index (χ0v) is 26.6. The van der Waals surface area contributed by atoms with Crippen LogP contribution in [-0.4, -0.2) is 63.4 Å². The monoisotopic (exact) mass is 632 g/mol. The molecule has 1 saturated carbocycles. The predicted octanol–water partition coefficient (Wildman–Crippen LogP) is 5.49. The number of aliphatic hydroxyl groups excluding tert-OH is 1. The molecule has 3 aliphatic rings. The number of rotatable bonds is 9. The number of nitrogens with zero attached hydrogens (tertiary/aromatic N) is 6. The minimum Gasteiger partial charge on any atom is -0.396 e. The molecule has 1 aromatic carbocycles. The lowest BCUT2D eigenvalue weighted by Gasteiger charge is -2.40. The van der Waals surface area contributed by atoms with Crippen LogP contribution in [0.4, 0.5) is 15.8 Å². The van der Waals surface area contributed by atoms with E-state index < -0.39 is 0 Å². The Bertz CT molecular complexity index is 1700. The van der Waals surface area contributed by atoms with Gasteiger partial charge in [0.15, 0.2) is 5.43 Å². The van der Waals surface area contributed by atoms with E-state index in [0.717, 1.165) is 62.1 Å². The Morgan fingerprint density at radius 3 is 2.62 bits per heavy atom. The molecule has 3 fully saturated rings. The minimum absolute atomic E-state index is 0. The molecule has 0 radical (unpaired) electrons. The van der Waals surface area contributed by atoms with Crippen molar-refractivity contribution >= 4 is 34.7 Å². The minimum atomic E-state index is -0.365. The van der Waals surface area contributed by atoms with Gasteiger partial charge in [0.2, 0.25) is 0 Å². The molecule has 8 nitrogen and oxygen atoms in total. The van der Waals surface area contributed by atoms with Crippen molar-refractivity contribution in [1.82, 2.24) is 19.4 Å². The SMILES string of the molecule is Cc1cc(CN(Cc2cn(C3CC3)c3cc(N4CC[C@H](CO)C4)c(F)cc3c2=O)[C@H]2CCCN(c3cccnc3)C2)ccn1.Cl. The summed E-state index contributed by atoms with van der Waals surface area (Å²) in [6.07, 6.45) is 12.7. The first-order chi connectivity index (χ1) is 21.5. The fraction of sp³-hybridized carbons (Fsp3) is 0.457. The van der Waals surface area contributed by atoms with E-state index in [2.05, 4.69) is 48.7 Å². The topological polar surface area (TPSA) is 77.7 Å². The third-order valence-electron chi connectivity index (χ3n) is 9.64. The van der Waals surface area contributed by atoms with Crippen molar-refractivity contribution in [2.75, 3.05) is 42.6 Å². The van der Waals surface area contributed by atoms with E-state index in [9.17, 15) is 9.90 Å². The summed E-state index contributed by atoms with van der Waals surface area (Å²) in [4.78, 5) is 29.7. The average Bonchev–Trinajstić information content (AvgIpc) is 3.78. The summed E-state index contributed by atoms with van der Waals surface area (Å²) in [5.74, 6) is -0.210. The highest BCUT2D eigenvalue weighted by molar-refractivity contribution is 5.85. The molecule has 1 N–H and O–H groups in total. The van der Waals surface area contributed by atoms with Gasteiger partial charge in [-0.1, -0.05) is 0 Å². The summed E-state index contributed by atoms with van der Waals surface area (Å²) in [7, 11) is 0. The van der Waals surface area contributed by atoms with E-state index in [1.807, 2.05) is 36.4 Å². The Hall–Kier alpha value is -3.53. The number of piperidine rings is 1. The molecule has 10 heteroatoms. The molecule has 0 bridgehead atoms. The number of aromatic nitrogens is 3. The van der Waals surface area contributed by atoms with E-state index in [4.69, 9.17) is 0 Å². The smallest absolute Gasteiger partial charge is 0.193 e. The van der Waals surface area contributed by atoms with Gasteiger partial charge in [-0.25, -0.2) is 4.39 Å². The van der Waals surface area contributed by atoms with Gasteiger partial charge in [-0.2, -0.15) is 0 Å². The van der Waals surface area contributed by atoms with Crippen LogP contribution in [0.15, 0.2) is 66.0 Å². The van der Waals surface area contributed by atoms with Crippen LogP contribution in [0.2, 0.25) is 0 Å². The molecular formula is C35H42ClFN6O2. The molecule has 3 aromatic heterocycles. The van der Waals surface area contributed by atoms with Crippen LogP contribution in [0.25, 0.3) is 10.9 Å². The van der Waals surface area contributed by atoms with Gasteiger partial charge in [0.25, 0.3) is 0 Å². The lowest BCUT2D eigenvalue weighted by Crippen LogP contribution is -2.48. The van der Waals surface area contributed by atoms with Gasteiger partial charge in [0, 0.05) is 99.1 Å². The third-order valence-corrected chi connectivity index (χ3v) is 9.64. The Morgan fingerprint density at radius 2 is 1.89 bits per heavy atom. The normalized spacial score (nSPS) is 20.2. The Labute approximate surface area is 269 Å². The molecule has 0 unspecified atom stereocenters. The predicted molar refractivity (Wildman–Crippen MR) is 179 cm³/mol. The van der Waals surface area contributed by atoms with E-state index in [1.54, 1.807) is 6.20 Å². The molecule has 238 valence electrons. The van der Waals surface area contributed by atoms with Crippen LogP contribution in [0.5, 0.6) is 0 Å². The number of halogens is 2. The number of hydrogen-bond donors (Lipinski definition) is 1. The quantitative estimate of drug-likeness (QED) is 0.262. The van der Waals surface area contributed by atoms with Gasteiger partial charge >= 0.3 is 0 Å². The molecule has 1 aliphatic carbocycles. The zero-order chi connectivity index (χ0) is 30.2. The van der Waals surface area contributed by atoms with Crippen molar-refractivity contribution in [3.8, 4) is 0 Å². The van der Waals surface area contributed by atoms with Gasteiger partial charge in [0.05, 0.1) is 23.1 Å². The fourth-order valence-electron chi connectivity index (χ4n) is 7.12. The van der Waals surface area contributed by atoms with Gasteiger partial charge < -0.3 is 19.5 Å². The van der Waals surface area contributed by atoms with E-state index in [-0.39, 0.29) is 42.2 Å². The Kier molecular flexibility index (Phi) is 9.40. The van der Waals surface area contributed by atoms with Gasteiger partial charge in [0.1, 0.15) is 5.82 Å². The van der Waals surface area contributed by atoms with Gasteiger partial charge in [-0.3, -0.25) is 19.7 Å². The van der Waals surface area contributed by atoms with Crippen LogP contribution in [0.3, 0.4) is 0 Å². The average molecular weight is 633 g/mol. The number of pyridine rings is 3. The summed E-state index contributed by atoms with van der Waals surface area (Å²) in [5.41, 5.74) is 5.22. The van der Waals surface area contributed by atoms with Crippen LogP contribution < -0.4 is 15.2 Å². The van der Waals surface area contributed by atoms with Crippen LogP contribution in [0.1, 0.15) is 55.0 Å². The molecule has 2 saturated heterocycles. The number of aryl methyl sites for hydroxylation is 1. The first kappa shape index (κ1) is 31.5. The van der Waals surface area contributed by atoms with Crippen molar-refractivity contribution < 1.29 is 9.50 Å². The lowest BCUT2D eigenvalue weighted by molar-refractivity contribution is 0.158. The van der Waals surface area contributed by atoms with Crippen molar-refractivity contribution in [3.63, 3.8) is 0 Å². The summed E-state index contributed by atoms with van der Waals surface area (Å²) in [6, 6.07) is 12.2. The van der Waals surface area contributed by atoms with E-state index in [1.165, 1.54) is 11.6 Å². The number of fused-ring (bicyclic) bond motifs is 1. The first-order valence-electron chi connectivity index (χ1n) is 16.0. The second-order valence-corrected chi connectivity index (χ2v) is 12.9. The molecule has 5 heterocycles. The number of aliphatic hydroxyl groups is 1. The van der Waals surface area contributed by atoms with Gasteiger partial charge in [-0.05, 0) is 81.0 Å². The first-order valence-corrected chi connectivity index (χ1v) is 16.0.